The maximum atomic E-state index is 13.6. The summed E-state index contributed by atoms with van der Waals surface area (Å²) in [7, 11) is 0. The lowest BCUT2D eigenvalue weighted by molar-refractivity contribution is -0.147. The van der Waals surface area contributed by atoms with Gasteiger partial charge in [-0.1, -0.05) is 73.5 Å². The number of para-hydroxylation sites is 1. The maximum absolute atomic E-state index is 13.6. The van der Waals surface area contributed by atoms with E-state index in [1.165, 1.54) is 0 Å². The second-order valence-corrected chi connectivity index (χ2v) is 12.2. The predicted molar refractivity (Wildman–Crippen MR) is 171 cm³/mol. The van der Waals surface area contributed by atoms with Crippen LogP contribution < -0.4 is 16.0 Å². The minimum atomic E-state index is -1.02. The molecule has 3 aromatic rings. The van der Waals surface area contributed by atoms with Crippen LogP contribution in [0.2, 0.25) is 0 Å². The summed E-state index contributed by atoms with van der Waals surface area (Å²) < 4.78 is 11.0. The summed E-state index contributed by atoms with van der Waals surface area (Å²) in [4.78, 5) is 55.8. The molecule has 1 aromatic heterocycles. The van der Waals surface area contributed by atoms with Gasteiger partial charge >= 0.3 is 12.1 Å². The number of aromatic nitrogens is 1. The summed E-state index contributed by atoms with van der Waals surface area (Å²) in [5.74, 6) is -1.97. The number of fused-ring (bicyclic) bond motifs is 1. The van der Waals surface area contributed by atoms with Gasteiger partial charge in [-0.15, -0.1) is 0 Å². The standard InChI is InChI=1S/C35H42N4O7/c40-23-35(16-8-9-17-35)39-31(41)19-25-12-4-6-15-30(38-34(44)46-21-24-10-2-1-3-11-24)33(43)45-22-27(37-32(25)42)18-26-20-36-29-14-7-5-13-28(26)29/h1-7,10-11,13-14,20,25,27,30,36,40H,8-9,12,15-19,21-23H2,(H,37,42)(H,38,44)(H,39,41)/t25-,27+,30-/m1/s1. The number of carbonyl (C=O) groups excluding carboxylic acids is 4. The predicted octanol–water partition coefficient (Wildman–Crippen LogP) is 3.81. The van der Waals surface area contributed by atoms with Crippen LogP contribution in [0, 0.1) is 5.92 Å². The molecule has 0 saturated heterocycles. The van der Waals surface area contributed by atoms with Gasteiger partial charge in [-0.3, -0.25) is 9.59 Å². The largest absolute Gasteiger partial charge is 0.462 e. The van der Waals surface area contributed by atoms with Crippen molar-refractivity contribution in [2.45, 2.75) is 75.6 Å². The van der Waals surface area contributed by atoms with Crippen LogP contribution >= 0.6 is 0 Å². The molecular weight excluding hydrogens is 588 g/mol. The third-order valence-electron chi connectivity index (χ3n) is 8.73. The van der Waals surface area contributed by atoms with E-state index in [9.17, 15) is 24.3 Å². The Kier molecular flexibility index (Phi) is 11.1. The molecule has 1 aliphatic heterocycles. The van der Waals surface area contributed by atoms with E-state index in [1.54, 1.807) is 12.2 Å². The van der Waals surface area contributed by atoms with E-state index in [0.29, 0.717) is 19.3 Å². The van der Waals surface area contributed by atoms with Crippen molar-refractivity contribution >= 4 is 34.8 Å². The van der Waals surface area contributed by atoms with Crippen molar-refractivity contribution in [1.82, 2.24) is 20.9 Å². The molecule has 2 heterocycles. The van der Waals surface area contributed by atoms with E-state index in [-0.39, 0.29) is 50.9 Å². The first-order valence-electron chi connectivity index (χ1n) is 15.9. The fourth-order valence-electron chi connectivity index (χ4n) is 6.16. The first kappa shape index (κ1) is 32.7. The Hall–Kier alpha value is -4.64. The van der Waals surface area contributed by atoms with E-state index in [2.05, 4.69) is 20.9 Å². The topological polar surface area (TPSA) is 159 Å². The molecule has 1 saturated carbocycles. The number of H-pyrrole nitrogens is 1. The van der Waals surface area contributed by atoms with Gasteiger partial charge in [-0.2, -0.15) is 0 Å². The van der Waals surface area contributed by atoms with E-state index in [4.69, 9.17) is 9.47 Å². The van der Waals surface area contributed by atoms with Gasteiger partial charge in [0, 0.05) is 23.5 Å². The number of allylic oxidation sites excluding steroid dienone is 1. The molecule has 11 nitrogen and oxygen atoms in total. The highest BCUT2D eigenvalue weighted by Gasteiger charge is 2.36. The summed E-state index contributed by atoms with van der Waals surface area (Å²) >= 11 is 0. The molecule has 0 bridgehead atoms. The van der Waals surface area contributed by atoms with Crippen molar-refractivity contribution in [1.29, 1.82) is 0 Å². The molecule has 2 aliphatic rings. The zero-order valence-corrected chi connectivity index (χ0v) is 25.8. The minimum absolute atomic E-state index is 0.0460. The lowest BCUT2D eigenvalue weighted by Crippen LogP contribution is -2.51. The Labute approximate surface area is 268 Å². The number of carbonyl (C=O) groups is 4. The monoisotopic (exact) mass is 630 g/mol. The molecular formula is C35H42N4O7. The van der Waals surface area contributed by atoms with Crippen LogP contribution in [0.4, 0.5) is 4.79 Å². The Morgan fingerprint density at radius 3 is 2.52 bits per heavy atom. The Morgan fingerprint density at radius 2 is 1.74 bits per heavy atom. The molecule has 2 aromatic carbocycles. The number of hydrogen-bond acceptors (Lipinski definition) is 7. The van der Waals surface area contributed by atoms with Gasteiger partial charge in [-0.25, -0.2) is 9.59 Å². The molecule has 5 rings (SSSR count). The average molecular weight is 631 g/mol. The first-order chi connectivity index (χ1) is 22.3. The van der Waals surface area contributed by atoms with Crippen LogP contribution in [0.15, 0.2) is 72.9 Å². The van der Waals surface area contributed by atoms with E-state index < -0.39 is 35.6 Å². The molecule has 3 amide bonds. The van der Waals surface area contributed by atoms with Gasteiger partial charge in [0.05, 0.1) is 24.1 Å². The molecule has 0 unspecified atom stereocenters. The summed E-state index contributed by atoms with van der Waals surface area (Å²) in [6.45, 7) is -0.238. The molecule has 5 N–H and O–H groups in total. The first-order valence-corrected chi connectivity index (χ1v) is 15.9. The number of aliphatic hydroxyl groups is 1. The lowest BCUT2D eigenvalue weighted by atomic mass is 9.95. The third-order valence-corrected chi connectivity index (χ3v) is 8.73. The van der Waals surface area contributed by atoms with Crippen molar-refractivity contribution in [3.05, 3.63) is 84.1 Å². The third kappa shape index (κ3) is 8.75. The van der Waals surface area contributed by atoms with Gasteiger partial charge in [0.15, 0.2) is 0 Å². The minimum Gasteiger partial charge on any atom is -0.462 e. The van der Waals surface area contributed by atoms with Crippen LogP contribution in [0.25, 0.3) is 10.9 Å². The fourth-order valence-corrected chi connectivity index (χ4v) is 6.16. The number of esters is 1. The zero-order chi connectivity index (χ0) is 32.4. The van der Waals surface area contributed by atoms with Crippen molar-refractivity contribution in [2.75, 3.05) is 13.2 Å². The highest BCUT2D eigenvalue weighted by molar-refractivity contribution is 5.87. The summed E-state index contributed by atoms with van der Waals surface area (Å²) in [5, 5.41) is 19.6. The quantitative estimate of drug-likeness (QED) is 0.178. The normalized spacial score (nSPS) is 21.8. The number of rotatable bonds is 9. The lowest BCUT2D eigenvalue weighted by Gasteiger charge is -2.29. The molecule has 1 fully saturated rings. The number of aliphatic hydroxyl groups excluding tert-OH is 1. The van der Waals surface area contributed by atoms with Crippen LogP contribution in [0.1, 0.15) is 56.1 Å². The summed E-state index contributed by atoms with van der Waals surface area (Å²) in [6.07, 6.45) is 8.45. The second-order valence-electron chi connectivity index (χ2n) is 12.2. The van der Waals surface area contributed by atoms with Crippen LogP contribution in [-0.4, -0.2) is 64.8 Å². The van der Waals surface area contributed by atoms with Crippen LogP contribution in [-0.2, 0) is 36.9 Å². The fraction of sp³-hybridized carbons (Fsp3) is 0.429. The van der Waals surface area contributed by atoms with E-state index >= 15 is 0 Å². The Morgan fingerprint density at radius 1 is 1.00 bits per heavy atom. The van der Waals surface area contributed by atoms with Gasteiger partial charge in [0.25, 0.3) is 0 Å². The molecule has 11 heteroatoms. The SMILES string of the molecule is O=C(C[C@H]1CC=CC[C@@H](NC(=O)OCc2ccccc2)C(=O)OC[C@H](Cc2c[nH]c3ccccc23)NC1=O)NC1(CO)CCCC1. The number of hydrogen-bond donors (Lipinski definition) is 5. The molecule has 244 valence electrons. The second kappa shape index (κ2) is 15.6. The highest BCUT2D eigenvalue weighted by Crippen LogP contribution is 2.29. The number of ether oxygens (including phenoxy) is 2. The molecule has 1 aliphatic carbocycles. The van der Waals surface area contributed by atoms with Crippen LogP contribution in [0.5, 0.6) is 0 Å². The maximum Gasteiger partial charge on any atom is 0.408 e. The van der Waals surface area contributed by atoms with Crippen LogP contribution in [0.3, 0.4) is 0 Å². The molecule has 0 radical (unpaired) electrons. The van der Waals surface area contributed by atoms with Crippen molar-refractivity contribution in [3.8, 4) is 0 Å². The smallest absolute Gasteiger partial charge is 0.408 e. The number of benzene rings is 2. The summed E-state index contributed by atoms with van der Waals surface area (Å²) in [6, 6.07) is 15.4. The molecule has 46 heavy (non-hydrogen) atoms. The molecule has 3 atom stereocenters. The zero-order valence-electron chi connectivity index (χ0n) is 25.8. The van der Waals surface area contributed by atoms with Crippen molar-refractivity contribution in [2.24, 2.45) is 5.92 Å². The van der Waals surface area contributed by atoms with Gasteiger partial charge in [0.2, 0.25) is 11.8 Å². The van der Waals surface area contributed by atoms with Gasteiger partial charge in [0.1, 0.15) is 19.3 Å². The van der Waals surface area contributed by atoms with Gasteiger partial charge < -0.3 is 35.5 Å². The van der Waals surface area contributed by atoms with Crippen molar-refractivity contribution in [3.63, 3.8) is 0 Å². The summed E-state index contributed by atoms with van der Waals surface area (Å²) in [5.41, 5.74) is 2.04. The Balaban J connectivity index is 1.31. The number of alkyl carbamates (subject to hydrolysis) is 1. The van der Waals surface area contributed by atoms with Gasteiger partial charge in [-0.05, 0) is 49.3 Å². The number of aromatic amines is 1. The van der Waals surface area contributed by atoms with E-state index in [0.717, 1.165) is 34.9 Å². The number of nitrogens with one attached hydrogen (secondary N) is 4. The highest BCUT2D eigenvalue weighted by atomic mass is 16.6. The number of cyclic esters (lactones) is 1. The molecule has 0 spiro atoms. The van der Waals surface area contributed by atoms with Crippen molar-refractivity contribution < 1.29 is 33.8 Å². The van der Waals surface area contributed by atoms with E-state index in [1.807, 2.05) is 60.8 Å². The number of amides is 3. The Bertz CT molecular complexity index is 1530. The average Bonchev–Trinajstić information content (AvgIpc) is 3.70.